The molecule has 2 N–H and O–H groups in total. The van der Waals surface area contributed by atoms with Crippen molar-refractivity contribution in [2.75, 3.05) is 13.7 Å². The molecule has 1 aliphatic rings. The van der Waals surface area contributed by atoms with Crippen molar-refractivity contribution in [2.24, 2.45) is 11.8 Å². The van der Waals surface area contributed by atoms with Crippen molar-refractivity contribution in [2.45, 2.75) is 32.2 Å². The zero-order chi connectivity index (χ0) is 16.4. The van der Waals surface area contributed by atoms with Gasteiger partial charge in [0, 0.05) is 35.7 Å². The van der Waals surface area contributed by atoms with Crippen LogP contribution in [-0.2, 0) is 4.74 Å². The van der Waals surface area contributed by atoms with E-state index < -0.39 is 0 Å². The number of carbonyl (C=O) groups is 1. The number of fused-ring (bicyclic) bond motifs is 1. The summed E-state index contributed by atoms with van der Waals surface area (Å²) >= 11 is 6.00. The van der Waals surface area contributed by atoms with Crippen LogP contribution in [-0.4, -0.2) is 30.6 Å². The first-order valence-electron chi connectivity index (χ1n) is 8.15. The van der Waals surface area contributed by atoms with Gasteiger partial charge in [-0.25, -0.2) is 0 Å². The number of carbonyl (C=O) groups excluding carboxylic acids is 1. The SMILES string of the molecule is COC[C@H]1CC[C@H](NC(=O)c2cc3cc(Cl)ccc3[nH]2)[C@H](C)C1. The summed E-state index contributed by atoms with van der Waals surface area (Å²) in [6.07, 6.45) is 3.21. The van der Waals surface area contributed by atoms with E-state index in [-0.39, 0.29) is 11.9 Å². The predicted molar refractivity (Wildman–Crippen MR) is 92.9 cm³/mol. The molecule has 1 fully saturated rings. The van der Waals surface area contributed by atoms with Crippen LogP contribution in [0.3, 0.4) is 0 Å². The minimum absolute atomic E-state index is 0.0423. The number of nitrogens with one attached hydrogen (secondary N) is 2. The molecule has 0 radical (unpaired) electrons. The lowest BCUT2D eigenvalue weighted by molar-refractivity contribution is 0.0828. The van der Waals surface area contributed by atoms with Gasteiger partial charge in [-0.15, -0.1) is 0 Å². The van der Waals surface area contributed by atoms with Gasteiger partial charge in [0.15, 0.2) is 0 Å². The molecular weight excluding hydrogens is 312 g/mol. The molecular formula is C18H23ClN2O2. The third-order valence-electron chi connectivity index (χ3n) is 4.82. The Morgan fingerprint density at radius 2 is 2.22 bits per heavy atom. The second-order valence-corrected chi connectivity index (χ2v) is 7.04. The number of aromatic nitrogens is 1. The molecule has 0 bridgehead atoms. The monoisotopic (exact) mass is 334 g/mol. The van der Waals surface area contributed by atoms with Crippen molar-refractivity contribution in [3.63, 3.8) is 0 Å². The van der Waals surface area contributed by atoms with Crippen molar-refractivity contribution in [3.8, 4) is 0 Å². The van der Waals surface area contributed by atoms with Gasteiger partial charge in [0.2, 0.25) is 0 Å². The molecule has 0 saturated heterocycles. The highest BCUT2D eigenvalue weighted by atomic mass is 35.5. The second-order valence-electron chi connectivity index (χ2n) is 6.61. The number of ether oxygens (including phenoxy) is 1. The molecule has 5 heteroatoms. The Morgan fingerprint density at radius 1 is 1.39 bits per heavy atom. The number of methoxy groups -OCH3 is 1. The van der Waals surface area contributed by atoms with E-state index in [0.717, 1.165) is 36.8 Å². The van der Waals surface area contributed by atoms with Gasteiger partial charge in [0.05, 0.1) is 0 Å². The number of aromatic amines is 1. The summed E-state index contributed by atoms with van der Waals surface area (Å²) in [4.78, 5) is 15.7. The van der Waals surface area contributed by atoms with Crippen LogP contribution in [0.5, 0.6) is 0 Å². The van der Waals surface area contributed by atoms with Gasteiger partial charge in [-0.3, -0.25) is 4.79 Å². The summed E-state index contributed by atoms with van der Waals surface area (Å²) < 4.78 is 5.26. The van der Waals surface area contributed by atoms with E-state index in [2.05, 4.69) is 17.2 Å². The summed E-state index contributed by atoms with van der Waals surface area (Å²) in [7, 11) is 1.75. The normalized spacial score (nSPS) is 24.7. The molecule has 1 amide bonds. The van der Waals surface area contributed by atoms with Crippen LogP contribution in [0.2, 0.25) is 5.02 Å². The van der Waals surface area contributed by atoms with Crippen LogP contribution in [0.4, 0.5) is 0 Å². The van der Waals surface area contributed by atoms with Crippen LogP contribution in [0.1, 0.15) is 36.7 Å². The van der Waals surface area contributed by atoms with Gasteiger partial charge in [0.25, 0.3) is 5.91 Å². The largest absolute Gasteiger partial charge is 0.384 e. The maximum atomic E-state index is 12.5. The molecule has 1 aromatic heterocycles. The summed E-state index contributed by atoms with van der Waals surface area (Å²) in [6, 6.07) is 7.67. The highest BCUT2D eigenvalue weighted by molar-refractivity contribution is 6.31. The number of benzene rings is 1. The third-order valence-corrected chi connectivity index (χ3v) is 5.06. The predicted octanol–water partition coefficient (Wildman–Crippen LogP) is 4.00. The summed E-state index contributed by atoms with van der Waals surface area (Å²) in [5, 5.41) is 4.81. The molecule has 1 heterocycles. The van der Waals surface area contributed by atoms with E-state index in [9.17, 15) is 4.79 Å². The lowest BCUT2D eigenvalue weighted by Gasteiger charge is -2.34. The molecule has 1 aliphatic carbocycles. The molecule has 1 saturated carbocycles. The lowest BCUT2D eigenvalue weighted by Crippen LogP contribution is -2.43. The van der Waals surface area contributed by atoms with E-state index in [1.54, 1.807) is 7.11 Å². The first-order chi connectivity index (χ1) is 11.1. The fraction of sp³-hybridized carbons (Fsp3) is 0.500. The third kappa shape index (κ3) is 3.70. The van der Waals surface area contributed by atoms with E-state index in [0.29, 0.717) is 22.6 Å². The van der Waals surface area contributed by atoms with E-state index in [1.807, 2.05) is 24.3 Å². The molecule has 0 spiro atoms. The number of hydrogen-bond acceptors (Lipinski definition) is 2. The molecule has 3 atom stereocenters. The molecule has 2 aromatic rings. The van der Waals surface area contributed by atoms with Crippen LogP contribution in [0, 0.1) is 11.8 Å². The highest BCUT2D eigenvalue weighted by Gasteiger charge is 2.29. The van der Waals surface area contributed by atoms with Crippen molar-refractivity contribution in [1.82, 2.24) is 10.3 Å². The van der Waals surface area contributed by atoms with Crippen LogP contribution in [0.15, 0.2) is 24.3 Å². The summed E-state index contributed by atoms with van der Waals surface area (Å²) in [5.74, 6) is 1.03. The topological polar surface area (TPSA) is 54.1 Å². The molecule has 4 nitrogen and oxygen atoms in total. The fourth-order valence-electron chi connectivity index (χ4n) is 3.58. The van der Waals surface area contributed by atoms with Crippen molar-refractivity contribution >= 4 is 28.4 Å². The Hall–Kier alpha value is -1.52. The van der Waals surface area contributed by atoms with Crippen LogP contribution < -0.4 is 5.32 Å². The quantitative estimate of drug-likeness (QED) is 0.887. The maximum absolute atomic E-state index is 12.5. The van der Waals surface area contributed by atoms with Crippen LogP contribution >= 0.6 is 11.6 Å². The van der Waals surface area contributed by atoms with Gasteiger partial charge in [-0.1, -0.05) is 18.5 Å². The highest BCUT2D eigenvalue weighted by Crippen LogP contribution is 2.29. The standard InChI is InChI=1S/C18H23ClN2O2/c1-11-7-12(10-23-2)3-5-15(11)21-18(22)17-9-13-8-14(19)4-6-16(13)20-17/h4,6,8-9,11-12,15,20H,3,5,7,10H2,1-2H3,(H,21,22)/t11-,12+,15+/m1/s1. The number of rotatable bonds is 4. The van der Waals surface area contributed by atoms with E-state index in [1.165, 1.54) is 0 Å². The van der Waals surface area contributed by atoms with Crippen molar-refractivity contribution in [1.29, 1.82) is 0 Å². The number of H-pyrrole nitrogens is 1. The Bertz CT molecular complexity index is 697. The lowest BCUT2D eigenvalue weighted by atomic mass is 9.79. The molecule has 23 heavy (non-hydrogen) atoms. The van der Waals surface area contributed by atoms with Crippen molar-refractivity contribution < 1.29 is 9.53 Å². The molecule has 0 unspecified atom stereocenters. The van der Waals surface area contributed by atoms with Gasteiger partial charge in [-0.2, -0.15) is 0 Å². The zero-order valence-corrected chi connectivity index (χ0v) is 14.3. The van der Waals surface area contributed by atoms with Gasteiger partial charge in [0.1, 0.15) is 5.69 Å². The summed E-state index contributed by atoms with van der Waals surface area (Å²) in [5.41, 5.74) is 1.52. The summed E-state index contributed by atoms with van der Waals surface area (Å²) in [6.45, 7) is 3.02. The van der Waals surface area contributed by atoms with E-state index in [4.69, 9.17) is 16.3 Å². The minimum Gasteiger partial charge on any atom is -0.384 e. The smallest absolute Gasteiger partial charge is 0.267 e. The van der Waals surface area contributed by atoms with E-state index >= 15 is 0 Å². The average Bonchev–Trinajstić information content (AvgIpc) is 2.93. The average molecular weight is 335 g/mol. The Balaban J connectivity index is 1.66. The molecule has 0 aliphatic heterocycles. The molecule has 124 valence electrons. The minimum atomic E-state index is -0.0423. The Kier molecular flexibility index (Phi) is 4.93. The Labute approximate surface area is 141 Å². The van der Waals surface area contributed by atoms with Crippen LogP contribution in [0.25, 0.3) is 10.9 Å². The fourth-order valence-corrected chi connectivity index (χ4v) is 3.76. The first kappa shape index (κ1) is 16.3. The second kappa shape index (κ2) is 6.93. The van der Waals surface area contributed by atoms with Gasteiger partial charge >= 0.3 is 0 Å². The Morgan fingerprint density at radius 3 is 2.96 bits per heavy atom. The number of halogens is 1. The maximum Gasteiger partial charge on any atom is 0.267 e. The number of amides is 1. The molecule has 1 aromatic carbocycles. The molecule has 3 rings (SSSR count). The van der Waals surface area contributed by atoms with Crippen molar-refractivity contribution in [3.05, 3.63) is 35.0 Å². The first-order valence-corrected chi connectivity index (χ1v) is 8.52. The van der Waals surface area contributed by atoms with Gasteiger partial charge < -0.3 is 15.0 Å². The number of hydrogen-bond donors (Lipinski definition) is 2. The zero-order valence-electron chi connectivity index (χ0n) is 13.6. The van der Waals surface area contributed by atoms with Gasteiger partial charge in [-0.05, 0) is 55.4 Å².